The molecule has 3 aromatic rings. The number of halogens is 4. The van der Waals surface area contributed by atoms with Gasteiger partial charge in [-0.2, -0.15) is 13.2 Å². The molecule has 31 heavy (non-hydrogen) atoms. The Hall–Kier alpha value is -3.96. The van der Waals surface area contributed by atoms with E-state index >= 15 is 0 Å². The van der Waals surface area contributed by atoms with Gasteiger partial charge in [-0.1, -0.05) is 5.21 Å². The number of carbonyl (C=O) groups excluding carboxylic acids is 2. The summed E-state index contributed by atoms with van der Waals surface area (Å²) in [5, 5.41) is 11.8. The van der Waals surface area contributed by atoms with Crippen molar-refractivity contribution in [1.29, 1.82) is 0 Å². The van der Waals surface area contributed by atoms with Crippen LogP contribution in [0, 0.1) is 5.82 Å². The molecular weight excluding hydrogens is 420 g/mol. The van der Waals surface area contributed by atoms with E-state index in [9.17, 15) is 27.2 Å². The zero-order valence-corrected chi connectivity index (χ0v) is 15.7. The second kappa shape index (κ2) is 7.70. The Bertz CT molecular complexity index is 1130. The highest BCUT2D eigenvalue weighted by atomic mass is 19.4. The third-order valence-corrected chi connectivity index (χ3v) is 4.52. The molecule has 2 aromatic carbocycles. The molecule has 8 nitrogen and oxygen atoms in total. The van der Waals surface area contributed by atoms with Crippen LogP contribution in [-0.4, -0.2) is 40.0 Å². The molecule has 12 heteroatoms. The van der Waals surface area contributed by atoms with E-state index in [0.717, 1.165) is 24.3 Å². The monoisotopic (exact) mass is 434 g/mol. The number of aromatic nitrogens is 3. The molecule has 0 bridgehead atoms. The molecule has 1 aliphatic rings. The van der Waals surface area contributed by atoms with Gasteiger partial charge in [-0.05, 0) is 48.5 Å². The molecule has 1 saturated heterocycles. The zero-order valence-electron chi connectivity index (χ0n) is 15.7. The summed E-state index contributed by atoms with van der Waals surface area (Å²) in [5.74, 6) is -1.75. The average Bonchev–Trinajstić information content (AvgIpc) is 3.36. The number of rotatable bonds is 4. The first-order valence-electron chi connectivity index (χ1n) is 8.99. The SMILES string of the molecule is O=C(Nc1ccc(N2CCNC2=O)cc1)c1nnn(-c2ccc(F)cc2)c1C(F)(F)F. The van der Waals surface area contributed by atoms with Crippen LogP contribution in [0.25, 0.3) is 5.69 Å². The molecule has 4 rings (SSSR count). The van der Waals surface area contributed by atoms with Crippen molar-refractivity contribution in [2.45, 2.75) is 6.18 Å². The average molecular weight is 434 g/mol. The van der Waals surface area contributed by atoms with Crippen molar-refractivity contribution in [3.05, 3.63) is 65.7 Å². The molecule has 0 atom stereocenters. The topological polar surface area (TPSA) is 92.2 Å². The second-order valence-electron chi connectivity index (χ2n) is 6.56. The number of alkyl halides is 3. The number of urea groups is 1. The number of hydrogen-bond donors (Lipinski definition) is 2. The lowest BCUT2D eigenvalue weighted by Gasteiger charge is -2.15. The van der Waals surface area contributed by atoms with Crippen LogP contribution in [0.2, 0.25) is 0 Å². The number of carbonyl (C=O) groups is 2. The van der Waals surface area contributed by atoms with Crippen LogP contribution in [-0.2, 0) is 6.18 Å². The Morgan fingerprint density at radius 3 is 2.26 bits per heavy atom. The highest BCUT2D eigenvalue weighted by molar-refractivity contribution is 6.04. The van der Waals surface area contributed by atoms with Crippen LogP contribution in [0.4, 0.5) is 33.7 Å². The summed E-state index contributed by atoms with van der Waals surface area (Å²) in [6.07, 6.45) is -4.95. The fourth-order valence-corrected chi connectivity index (χ4v) is 3.09. The van der Waals surface area contributed by atoms with Gasteiger partial charge in [0.15, 0.2) is 11.4 Å². The lowest BCUT2D eigenvalue weighted by molar-refractivity contribution is -0.143. The summed E-state index contributed by atoms with van der Waals surface area (Å²) in [7, 11) is 0. The maximum atomic E-state index is 13.7. The molecule has 3 amide bonds. The Kier molecular flexibility index (Phi) is 5.05. The summed E-state index contributed by atoms with van der Waals surface area (Å²) in [5.41, 5.74) is -1.64. The molecule has 1 fully saturated rings. The predicted octanol–water partition coefficient (Wildman–Crippen LogP) is 3.21. The summed E-state index contributed by atoms with van der Waals surface area (Å²) >= 11 is 0. The Morgan fingerprint density at radius 1 is 1.03 bits per heavy atom. The zero-order chi connectivity index (χ0) is 22.2. The lowest BCUT2D eigenvalue weighted by atomic mass is 10.2. The van der Waals surface area contributed by atoms with E-state index in [1.807, 2.05) is 0 Å². The Balaban J connectivity index is 1.60. The third kappa shape index (κ3) is 4.04. The van der Waals surface area contributed by atoms with Gasteiger partial charge in [0.2, 0.25) is 0 Å². The van der Waals surface area contributed by atoms with Crippen molar-refractivity contribution >= 4 is 23.3 Å². The number of nitrogens with zero attached hydrogens (tertiary/aromatic N) is 4. The van der Waals surface area contributed by atoms with Crippen molar-refractivity contribution in [1.82, 2.24) is 20.3 Å². The van der Waals surface area contributed by atoms with E-state index in [1.165, 1.54) is 17.0 Å². The molecule has 0 saturated carbocycles. The first kappa shape index (κ1) is 20.3. The largest absolute Gasteiger partial charge is 0.435 e. The molecule has 1 aromatic heterocycles. The standard InChI is InChI=1S/C19H14F4N6O2/c20-11-1-5-14(6-2-11)29-16(19(21,22)23)15(26-27-29)17(30)25-12-3-7-13(8-4-12)28-10-9-24-18(28)31/h1-8H,9-10H2,(H,24,31)(H,25,30). The van der Waals surface area contributed by atoms with E-state index < -0.39 is 29.3 Å². The van der Waals surface area contributed by atoms with E-state index in [-0.39, 0.29) is 17.4 Å². The van der Waals surface area contributed by atoms with Gasteiger partial charge in [-0.25, -0.2) is 13.9 Å². The number of nitrogens with one attached hydrogen (secondary N) is 2. The van der Waals surface area contributed by atoms with Crippen LogP contribution in [0.5, 0.6) is 0 Å². The maximum absolute atomic E-state index is 13.7. The molecule has 0 spiro atoms. The smallest absolute Gasteiger partial charge is 0.336 e. The highest BCUT2D eigenvalue weighted by Gasteiger charge is 2.42. The van der Waals surface area contributed by atoms with Gasteiger partial charge in [0, 0.05) is 24.5 Å². The second-order valence-corrected chi connectivity index (χ2v) is 6.56. The van der Waals surface area contributed by atoms with Crippen LogP contribution >= 0.6 is 0 Å². The molecular formula is C19H14F4N6O2. The predicted molar refractivity (Wildman–Crippen MR) is 101 cm³/mol. The van der Waals surface area contributed by atoms with E-state index in [1.54, 1.807) is 12.1 Å². The third-order valence-electron chi connectivity index (χ3n) is 4.52. The first-order valence-corrected chi connectivity index (χ1v) is 8.99. The summed E-state index contributed by atoms with van der Waals surface area (Å²) in [6.45, 7) is 0.979. The minimum Gasteiger partial charge on any atom is -0.336 e. The normalized spacial score (nSPS) is 13.9. The molecule has 2 N–H and O–H groups in total. The van der Waals surface area contributed by atoms with E-state index in [2.05, 4.69) is 20.9 Å². The first-order chi connectivity index (χ1) is 14.7. The van der Waals surface area contributed by atoms with Gasteiger partial charge in [-0.3, -0.25) is 9.69 Å². The number of amides is 3. The lowest BCUT2D eigenvalue weighted by Crippen LogP contribution is -2.27. The molecule has 0 unspecified atom stereocenters. The van der Waals surface area contributed by atoms with Gasteiger partial charge in [0.1, 0.15) is 5.82 Å². The molecule has 0 radical (unpaired) electrons. The van der Waals surface area contributed by atoms with Crippen molar-refractivity contribution in [2.75, 3.05) is 23.3 Å². The van der Waals surface area contributed by atoms with Crippen molar-refractivity contribution in [3.8, 4) is 5.69 Å². The fraction of sp³-hybridized carbons (Fsp3) is 0.158. The fourth-order valence-electron chi connectivity index (χ4n) is 3.09. The Morgan fingerprint density at radius 2 is 1.68 bits per heavy atom. The van der Waals surface area contributed by atoms with Crippen molar-refractivity contribution in [2.24, 2.45) is 0 Å². The number of anilines is 2. The highest BCUT2D eigenvalue weighted by Crippen LogP contribution is 2.33. The van der Waals surface area contributed by atoms with Gasteiger partial charge < -0.3 is 10.6 Å². The molecule has 1 aliphatic heterocycles. The van der Waals surface area contributed by atoms with E-state index in [4.69, 9.17) is 0 Å². The van der Waals surface area contributed by atoms with Gasteiger partial charge in [-0.15, -0.1) is 5.10 Å². The molecule has 0 aliphatic carbocycles. The number of benzene rings is 2. The minimum absolute atomic E-state index is 0.103. The number of hydrogen-bond acceptors (Lipinski definition) is 4. The summed E-state index contributed by atoms with van der Waals surface area (Å²) in [6, 6.07) is 9.89. The summed E-state index contributed by atoms with van der Waals surface area (Å²) in [4.78, 5) is 25.7. The Labute approximate surface area is 172 Å². The van der Waals surface area contributed by atoms with Crippen molar-refractivity contribution in [3.63, 3.8) is 0 Å². The van der Waals surface area contributed by atoms with Gasteiger partial charge in [0.25, 0.3) is 5.91 Å². The molecule has 2 heterocycles. The summed E-state index contributed by atoms with van der Waals surface area (Å²) < 4.78 is 54.5. The molecule has 160 valence electrons. The van der Waals surface area contributed by atoms with Crippen molar-refractivity contribution < 1.29 is 27.2 Å². The minimum atomic E-state index is -4.95. The van der Waals surface area contributed by atoms with Crippen LogP contribution in [0.15, 0.2) is 48.5 Å². The van der Waals surface area contributed by atoms with Gasteiger partial charge in [0.05, 0.1) is 5.69 Å². The maximum Gasteiger partial charge on any atom is 0.435 e. The van der Waals surface area contributed by atoms with Gasteiger partial charge >= 0.3 is 12.2 Å². The van der Waals surface area contributed by atoms with E-state index in [0.29, 0.717) is 23.5 Å². The van der Waals surface area contributed by atoms with Crippen LogP contribution < -0.4 is 15.5 Å². The van der Waals surface area contributed by atoms with Crippen LogP contribution in [0.3, 0.4) is 0 Å². The van der Waals surface area contributed by atoms with Crippen LogP contribution in [0.1, 0.15) is 16.2 Å². The quantitative estimate of drug-likeness (QED) is 0.617.